The molecule has 37 heavy (non-hydrogen) atoms. The van der Waals surface area contributed by atoms with Crippen molar-refractivity contribution in [2.75, 3.05) is 25.0 Å². The number of nitrogens with one attached hydrogen (secondary N) is 3. The average Bonchev–Trinajstić information content (AvgIpc) is 3.30. The Labute approximate surface area is 214 Å². The number of carbonyl (C=O) groups excluding carboxylic acids is 2. The zero-order valence-electron chi connectivity index (χ0n) is 21.4. The van der Waals surface area contributed by atoms with Gasteiger partial charge in [0.2, 0.25) is 11.4 Å². The number of nitro benzene ring substituents is 1. The number of hydrogen-bond donors (Lipinski definition) is 4. The molecule has 0 aliphatic rings. The van der Waals surface area contributed by atoms with Gasteiger partial charge in [-0.25, -0.2) is 9.42 Å². The fourth-order valence-electron chi connectivity index (χ4n) is 3.20. The summed E-state index contributed by atoms with van der Waals surface area (Å²) in [5.41, 5.74) is 0.423. The van der Waals surface area contributed by atoms with Crippen molar-refractivity contribution in [3.05, 3.63) is 22.2 Å². The number of ether oxygens (including phenoxy) is 1. The van der Waals surface area contributed by atoms with Crippen molar-refractivity contribution < 1.29 is 33.8 Å². The van der Waals surface area contributed by atoms with Crippen LogP contribution in [0.15, 0.2) is 16.8 Å². The Morgan fingerprint density at radius 3 is 2.27 bits per heavy atom. The van der Waals surface area contributed by atoms with Gasteiger partial charge in [-0.15, -0.1) is 0 Å². The first-order chi connectivity index (χ1) is 17.6. The Balaban J connectivity index is 0.00000217. The van der Waals surface area contributed by atoms with E-state index in [-0.39, 0.29) is 23.6 Å². The van der Waals surface area contributed by atoms with Gasteiger partial charge in [0.25, 0.3) is 6.47 Å². The predicted molar refractivity (Wildman–Crippen MR) is 135 cm³/mol. The molecule has 0 bridgehead atoms. The van der Waals surface area contributed by atoms with Gasteiger partial charge in [0, 0.05) is 32.1 Å². The van der Waals surface area contributed by atoms with Gasteiger partial charge < -0.3 is 25.8 Å². The van der Waals surface area contributed by atoms with Crippen LogP contribution in [0.3, 0.4) is 0 Å². The van der Waals surface area contributed by atoms with Crippen LogP contribution in [-0.4, -0.2) is 64.1 Å². The number of hydrogen-bond acceptors (Lipinski definition) is 10. The number of anilines is 1. The molecule has 0 radical (unpaired) electrons. The molecule has 0 aliphatic heterocycles. The smallest absolute Gasteiger partial charge is 0.407 e. The maximum atomic E-state index is 11.9. The molecule has 1 aromatic carbocycles. The van der Waals surface area contributed by atoms with E-state index in [1.54, 1.807) is 6.07 Å². The molecule has 0 atom stereocenters. The third kappa shape index (κ3) is 13.1. The van der Waals surface area contributed by atoms with Crippen molar-refractivity contribution in [2.24, 2.45) is 0 Å². The van der Waals surface area contributed by atoms with E-state index in [0.29, 0.717) is 37.3 Å². The normalized spacial score (nSPS) is 10.7. The van der Waals surface area contributed by atoms with Gasteiger partial charge in [0.1, 0.15) is 5.60 Å². The van der Waals surface area contributed by atoms with Crippen molar-refractivity contribution in [1.82, 2.24) is 20.9 Å². The van der Waals surface area contributed by atoms with Crippen LogP contribution in [0.2, 0.25) is 0 Å². The monoisotopic (exact) mass is 524 g/mol. The summed E-state index contributed by atoms with van der Waals surface area (Å²) < 4.78 is 9.81. The summed E-state index contributed by atoms with van der Waals surface area (Å²) in [5, 5.41) is 34.1. The second-order valence-corrected chi connectivity index (χ2v) is 9.03. The minimum Gasteiger partial charge on any atom is -0.483 e. The van der Waals surface area contributed by atoms with Crippen LogP contribution in [-0.2, 0) is 14.3 Å². The van der Waals surface area contributed by atoms with Crippen LogP contribution in [0.4, 0.5) is 16.2 Å². The van der Waals surface area contributed by atoms with E-state index in [2.05, 4.69) is 30.9 Å². The highest BCUT2D eigenvalue weighted by molar-refractivity contribution is 5.93. The van der Waals surface area contributed by atoms with Crippen LogP contribution in [0, 0.1) is 10.1 Å². The number of nitrogens with zero attached hydrogens (tertiary/aromatic N) is 3. The third-order valence-electron chi connectivity index (χ3n) is 4.83. The molecular formula is C23H36N6O8. The highest BCUT2D eigenvalue weighted by Gasteiger charge is 2.19. The summed E-state index contributed by atoms with van der Waals surface area (Å²) in [6.45, 7) is 7.02. The standard InChI is InChI=1S/C22H34N6O6.CH2O2/c1-22(2,3)33-21(30)25-15-9-5-8-14-24-18(29)10-6-4-7-13-23-16-11-12-17(28(31)32)20-19(16)26-34-27-20;2-1-3/h11-12,23H,4-10,13-15H2,1-3H3,(H,24,29)(H,25,30);1H,(H,2,3). The van der Waals surface area contributed by atoms with Gasteiger partial charge in [0.05, 0.1) is 10.6 Å². The number of benzene rings is 1. The summed E-state index contributed by atoms with van der Waals surface area (Å²) in [4.78, 5) is 42.3. The lowest BCUT2D eigenvalue weighted by Gasteiger charge is -2.19. The number of nitro groups is 1. The van der Waals surface area contributed by atoms with Crippen molar-refractivity contribution in [3.8, 4) is 0 Å². The minimum atomic E-state index is -0.523. The first-order valence-electron chi connectivity index (χ1n) is 12.0. The van der Waals surface area contributed by atoms with Gasteiger partial charge >= 0.3 is 11.8 Å². The molecule has 1 aromatic heterocycles. The topological polar surface area (TPSA) is 199 Å². The second-order valence-electron chi connectivity index (χ2n) is 9.03. The third-order valence-corrected chi connectivity index (χ3v) is 4.83. The fourth-order valence-corrected chi connectivity index (χ4v) is 3.20. The molecule has 2 rings (SSSR count). The number of amides is 2. The molecule has 2 aromatic rings. The highest BCUT2D eigenvalue weighted by atomic mass is 16.6. The Kier molecular flexibility index (Phi) is 14.0. The van der Waals surface area contributed by atoms with Crippen molar-refractivity contribution in [2.45, 2.75) is 71.3 Å². The molecule has 4 N–H and O–H groups in total. The first-order valence-corrected chi connectivity index (χ1v) is 12.0. The molecule has 0 fully saturated rings. The molecule has 0 saturated heterocycles. The number of aromatic nitrogens is 2. The summed E-state index contributed by atoms with van der Waals surface area (Å²) >= 11 is 0. The zero-order chi connectivity index (χ0) is 27.7. The van der Waals surface area contributed by atoms with Crippen molar-refractivity contribution >= 4 is 40.9 Å². The maximum Gasteiger partial charge on any atom is 0.407 e. The lowest BCUT2D eigenvalue weighted by molar-refractivity contribution is -0.383. The fraction of sp³-hybridized carbons (Fsp3) is 0.609. The van der Waals surface area contributed by atoms with Crippen molar-refractivity contribution in [1.29, 1.82) is 0 Å². The van der Waals surface area contributed by atoms with Gasteiger partial charge in [0.15, 0.2) is 5.52 Å². The largest absolute Gasteiger partial charge is 0.483 e. The molecule has 14 heteroatoms. The van der Waals surface area contributed by atoms with Crippen LogP contribution in [0.1, 0.15) is 65.7 Å². The lowest BCUT2D eigenvalue weighted by atomic mass is 10.1. The average molecular weight is 525 g/mol. The molecule has 1 heterocycles. The van der Waals surface area contributed by atoms with Crippen LogP contribution >= 0.6 is 0 Å². The van der Waals surface area contributed by atoms with Gasteiger partial charge in [-0.3, -0.25) is 19.7 Å². The Morgan fingerprint density at radius 2 is 1.62 bits per heavy atom. The first kappa shape index (κ1) is 31.1. The zero-order valence-corrected chi connectivity index (χ0v) is 21.4. The number of carbonyl (C=O) groups is 3. The number of rotatable bonds is 14. The van der Waals surface area contributed by atoms with Gasteiger partial charge in [-0.05, 0) is 69.3 Å². The van der Waals surface area contributed by atoms with E-state index < -0.39 is 16.6 Å². The van der Waals surface area contributed by atoms with Crippen LogP contribution in [0.25, 0.3) is 11.0 Å². The van der Waals surface area contributed by atoms with Gasteiger partial charge in [-0.2, -0.15) is 0 Å². The second kappa shape index (κ2) is 16.7. The number of unbranched alkanes of at least 4 members (excludes halogenated alkanes) is 4. The highest BCUT2D eigenvalue weighted by Crippen LogP contribution is 2.28. The number of alkyl carbamates (subject to hydrolysis) is 1. The summed E-state index contributed by atoms with van der Waals surface area (Å²) in [5.74, 6) is 0.0330. The summed E-state index contributed by atoms with van der Waals surface area (Å²) in [6.07, 6.45) is 5.11. The van der Waals surface area contributed by atoms with E-state index in [9.17, 15) is 19.7 Å². The van der Waals surface area contributed by atoms with Crippen molar-refractivity contribution in [3.63, 3.8) is 0 Å². The minimum absolute atomic E-state index is 0.0330. The van der Waals surface area contributed by atoms with E-state index in [0.717, 1.165) is 38.5 Å². The molecule has 206 valence electrons. The molecule has 14 nitrogen and oxygen atoms in total. The summed E-state index contributed by atoms with van der Waals surface area (Å²) in [6, 6.07) is 2.96. The molecule has 2 amide bonds. The number of non-ortho nitro benzene ring substituents is 1. The number of fused-ring (bicyclic) bond motifs is 1. The maximum absolute atomic E-state index is 11.9. The molecule has 0 saturated carbocycles. The number of carboxylic acid groups (broad SMARTS) is 1. The van der Waals surface area contributed by atoms with Gasteiger partial charge in [-0.1, -0.05) is 6.42 Å². The van der Waals surface area contributed by atoms with E-state index in [4.69, 9.17) is 14.6 Å². The van der Waals surface area contributed by atoms with E-state index in [1.165, 1.54) is 6.07 Å². The Morgan fingerprint density at radius 1 is 1.03 bits per heavy atom. The molecular weight excluding hydrogens is 488 g/mol. The Bertz CT molecular complexity index is 1000. The molecule has 0 aliphatic carbocycles. The van der Waals surface area contributed by atoms with E-state index in [1.807, 2.05) is 20.8 Å². The Hall–Kier alpha value is -3.97. The van der Waals surface area contributed by atoms with Crippen LogP contribution < -0.4 is 16.0 Å². The molecule has 0 spiro atoms. The predicted octanol–water partition coefficient (Wildman–Crippen LogP) is 3.62. The molecule has 0 unspecified atom stereocenters. The summed E-state index contributed by atoms with van der Waals surface area (Å²) in [7, 11) is 0. The van der Waals surface area contributed by atoms with E-state index >= 15 is 0 Å². The quantitative estimate of drug-likeness (QED) is 0.122. The van der Waals surface area contributed by atoms with Crippen LogP contribution in [0.5, 0.6) is 0 Å². The SMILES string of the molecule is CC(C)(C)OC(=O)NCCCCCNC(=O)CCCCCNc1ccc([N+](=O)[O-])c2nonc12.O=CO. The lowest BCUT2D eigenvalue weighted by Crippen LogP contribution is -2.33.